The summed E-state index contributed by atoms with van der Waals surface area (Å²) in [4.78, 5) is 0. The minimum atomic E-state index is -0.651. The Morgan fingerprint density at radius 1 is 1.25 bits per heavy atom. The quantitative estimate of drug-likeness (QED) is 0.912. The predicted molar refractivity (Wildman–Crippen MR) is 72.3 cm³/mol. The second kappa shape index (κ2) is 5.13. The van der Waals surface area contributed by atoms with E-state index in [4.69, 9.17) is 9.47 Å². The predicted octanol–water partition coefficient (Wildman–Crippen LogP) is 3.39. The molecule has 0 aromatic heterocycles. The number of aliphatic hydroxyl groups is 1. The molecule has 1 aliphatic rings. The maximum absolute atomic E-state index is 13.3. The third-order valence-electron chi connectivity index (χ3n) is 3.50. The van der Waals surface area contributed by atoms with Gasteiger partial charge >= 0.3 is 0 Å². The number of hydrogen-bond donors (Lipinski definition) is 1. The average molecular weight is 274 g/mol. The number of halogens is 1. The van der Waals surface area contributed by atoms with Crippen molar-refractivity contribution in [1.82, 2.24) is 0 Å². The van der Waals surface area contributed by atoms with Crippen molar-refractivity contribution in [2.45, 2.75) is 18.6 Å². The molecule has 2 atom stereocenters. The molecule has 1 unspecified atom stereocenters. The van der Waals surface area contributed by atoms with Crippen LogP contribution in [0.3, 0.4) is 0 Å². The van der Waals surface area contributed by atoms with Crippen LogP contribution in [0.5, 0.6) is 11.5 Å². The van der Waals surface area contributed by atoms with Crippen molar-refractivity contribution in [1.29, 1.82) is 0 Å². The molecule has 0 fully saturated rings. The van der Waals surface area contributed by atoms with Gasteiger partial charge in [0.1, 0.15) is 23.4 Å². The number of aliphatic hydroxyl groups excluding tert-OH is 1. The van der Waals surface area contributed by atoms with Gasteiger partial charge < -0.3 is 14.6 Å². The molecule has 2 aromatic rings. The third-order valence-corrected chi connectivity index (χ3v) is 3.50. The summed E-state index contributed by atoms with van der Waals surface area (Å²) in [7, 11) is 1.58. The fraction of sp³-hybridized carbons (Fsp3) is 0.250. The van der Waals surface area contributed by atoms with Crippen molar-refractivity contribution in [2.75, 3.05) is 7.11 Å². The standard InChI is InChI=1S/C16H15FO3/c1-19-12-5-6-15-13(8-12)14(18)9-16(20-15)10-3-2-4-11(17)7-10/h2-8,14,16,18H,9H2,1H3/t14-,16?/m0/s1. The lowest BCUT2D eigenvalue weighted by atomic mass is 9.95. The molecule has 0 saturated heterocycles. The third kappa shape index (κ3) is 2.34. The topological polar surface area (TPSA) is 38.7 Å². The molecule has 0 bridgehead atoms. The Morgan fingerprint density at radius 2 is 2.10 bits per heavy atom. The monoisotopic (exact) mass is 274 g/mol. The van der Waals surface area contributed by atoms with Crippen molar-refractivity contribution >= 4 is 0 Å². The smallest absolute Gasteiger partial charge is 0.127 e. The van der Waals surface area contributed by atoms with E-state index in [1.165, 1.54) is 12.1 Å². The highest BCUT2D eigenvalue weighted by Gasteiger charge is 2.28. The lowest BCUT2D eigenvalue weighted by Crippen LogP contribution is -2.19. The fourth-order valence-corrected chi connectivity index (χ4v) is 2.46. The number of rotatable bonds is 2. The van der Waals surface area contributed by atoms with Crippen LogP contribution in [0.15, 0.2) is 42.5 Å². The first kappa shape index (κ1) is 12.9. The Bertz CT molecular complexity index is 627. The van der Waals surface area contributed by atoms with Crippen LogP contribution in [0.1, 0.15) is 29.8 Å². The zero-order valence-electron chi connectivity index (χ0n) is 11.0. The number of hydrogen-bond acceptors (Lipinski definition) is 3. The van der Waals surface area contributed by atoms with Gasteiger partial charge in [0.25, 0.3) is 0 Å². The molecule has 1 heterocycles. The average Bonchev–Trinajstić information content (AvgIpc) is 2.47. The van der Waals surface area contributed by atoms with Gasteiger partial charge in [0.2, 0.25) is 0 Å². The maximum Gasteiger partial charge on any atom is 0.127 e. The first-order valence-corrected chi connectivity index (χ1v) is 6.45. The molecule has 0 spiro atoms. The van der Waals surface area contributed by atoms with Crippen LogP contribution in [0, 0.1) is 5.82 Å². The van der Waals surface area contributed by atoms with Crippen LogP contribution in [-0.4, -0.2) is 12.2 Å². The molecule has 0 aliphatic carbocycles. The minimum absolute atomic E-state index is 0.305. The van der Waals surface area contributed by atoms with E-state index in [1.54, 1.807) is 37.4 Å². The number of methoxy groups -OCH3 is 1. The van der Waals surface area contributed by atoms with E-state index in [0.29, 0.717) is 23.5 Å². The second-order valence-electron chi connectivity index (χ2n) is 4.82. The molecule has 0 saturated carbocycles. The molecule has 104 valence electrons. The van der Waals surface area contributed by atoms with Gasteiger partial charge in [0, 0.05) is 12.0 Å². The summed E-state index contributed by atoms with van der Waals surface area (Å²) < 4.78 is 24.3. The van der Waals surface area contributed by atoms with Gasteiger partial charge in [-0.15, -0.1) is 0 Å². The van der Waals surface area contributed by atoms with Crippen molar-refractivity contribution in [3.05, 3.63) is 59.4 Å². The highest BCUT2D eigenvalue weighted by atomic mass is 19.1. The van der Waals surface area contributed by atoms with Crippen LogP contribution in [0.4, 0.5) is 4.39 Å². The molecular weight excluding hydrogens is 259 g/mol. The summed E-state index contributed by atoms with van der Waals surface area (Å²) in [5.74, 6) is 0.982. The van der Waals surface area contributed by atoms with Gasteiger partial charge in [0.05, 0.1) is 13.2 Å². The van der Waals surface area contributed by atoms with Crippen LogP contribution in [0.25, 0.3) is 0 Å². The summed E-state index contributed by atoms with van der Waals surface area (Å²) in [6, 6.07) is 11.6. The molecule has 0 radical (unpaired) electrons. The summed E-state index contributed by atoms with van der Waals surface area (Å²) in [5, 5.41) is 10.3. The van der Waals surface area contributed by atoms with Crippen LogP contribution in [-0.2, 0) is 0 Å². The number of ether oxygens (including phenoxy) is 2. The molecule has 3 nitrogen and oxygen atoms in total. The van der Waals surface area contributed by atoms with Gasteiger partial charge in [-0.2, -0.15) is 0 Å². The van der Waals surface area contributed by atoms with E-state index >= 15 is 0 Å². The molecular formula is C16H15FO3. The molecule has 3 rings (SSSR count). The van der Waals surface area contributed by atoms with Crippen molar-refractivity contribution < 1.29 is 19.0 Å². The van der Waals surface area contributed by atoms with Gasteiger partial charge in [-0.25, -0.2) is 4.39 Å². The molecule has 4 heteroatoms. The summed E-state index contributed by atoms with van der Waals surface area (Å²) in [6.07, 6.45) is -0.604. The Kier molecular flexibility index (Phi) is 3.32. The lowest BCUT2D eigenvalue weighted by molar-refractivity contribution is 0.0653. The van der Waals surface area contributed by atoms with Gasteiger partial charge in [-0.05, 0) is 35.9 Å². The molecule has 2 aromatic carbocycles. The maximum atomic E-state index is 13.3. The van der Waals surface area contributed by atoms with Gasteiger partial charge in [-0.3, -0.25) is 0 Å². The molecule has 1 N–H and O–H groups in total. The van der Waals surface area contributed by atoms with Crippen molar-refractivity contribution in [3.8, 4) is 11.5 Å². The number of fused-ring (bicyclic) bond motifs is 1. The zero-order valence-corrected chi connectivity index (χ0v) is 11.0. The SMILES string of the molecule is COc1ccc2c(c1)[C@@H](O)CC(c1cccc(F)c1)O2. The highest BCUT2D eigenvalue weighted by Crippen LogP contribution is 2.42. The Morgan fingerprint density at radius 3 is 2.85 bits per heavy atom. The summed E-state index contributed by atoms with van der Waals surface area (Å²) in [5.41, 5.74) is 1.43. The van der Waals surface area contributed by atoms with E-state index in [9.17, 15) is 9.50 Å². The van der Waals surface area contributed by atoms with Gasteiger partial charge in [-0.1, -0.05) is 12.1 Å². The normalized spacial score (nSPS) is 20.9. The Hall–Kier alpha value is -2.07. The second-order valence-corrected chi connectivity index (χ2v) is 4.82. The lowest BCUT2D eigenvalue weighted by Gasteiger charge is -2.30. The van der Waals surface area contributed by atoms with Crippen molar-refractivity contribution in [3.63, 3.8) is 0 Å². The zero-order chi connectivity index (χ0) is 14.1. The summed E-state index contributed by atoms with van der Waals surface area (Å²) >= 11 is 0. The first-order chi connectivity index (χ1) is 9.67. The van der Waals surface area contributed by atoms with E-state index in [1.807, 2.05) is 0 Å². The molecule has 1 aliphatic heterocycles. The first-order valence-electron chi connectivity index (χ1n) is 6.45. The molecule has 0 amide bonds. The highest BCUT2D eigenvalue weighted by molar-refractivity contribution is 5.43. The van der Waals surface area contributed by atoms with Gasteiger partial charge in [0.15, 0.2) is 0 Å². The van der Waals surface area contributed by atoms with Crippen LogP contribution < -0.4 is 9.47 Å². The van der Waals surface area contributed by atoms with E-state index < -0.39 is 6.10 Å². The Labute approximate surface area is 116 Å². The largest absolute Gasteiger partial charge is 0.497 e. The van der Waals surface area contributed by atoms with Crippen molar-refractivity contribution in [2.24, 2.45) is 0 Å². The molecule has 20 heavy (non-hydrogen) atoms. The van der Waals surface area contributed by atoms with Crippen LogP contribution in [0.2, 0.25) is 0 Å². The van der Waals surface area contributed by atoms with E-state index in [0.717, 1.165) is 5.56 Å². The Balaban J connectivity index is 1.93. The summed E-state index contributed by atoms with van der Waals surface area (Å²) in [6.45, 7) is 0. The van der Waals surface area contributed by atoms with E-state index in [2.05, 4.69) is 0 Å². The van der Waals surface area contributed by atoms with Crippen LogP contribution >= 0.6 is 0 Å². The minimum Gasteiger partial charge on any atom is -0.497 e. The fourth-order valence-electron chi connectivity index (χ4n) is 2.46. The van der Waals surface area contributed by atoms with E-state index in [-0.39, 0.29) is 11.9 Å². The number of benzene rings is 2.